The van der Waals surface area contributed by atoms with Crippen LogP contribution in [0.1, 0.15) is 11.1 Å². The van der Waals surface area contributed by atoms with E-state index in [4.69, 9.17) is 15.4 Å². The second-order valence-corrected chi connectivity index (χ2v) is 14.1. The minimum atomic E-state index is 0.157. The molecule has 0 saturated heterocycles. The van der Waals surface area contributed by atoms with E-state index in [-0.39, 0.29) is 5.84 Å². The van der Waals surface area contributed by atoms with Crippen LogP contribution in [0.5, 0.6) is 0 Å². The maximum absolute atomic E-state index is 8.92. The van der Waals surface area contributed by atoms with Gasteiger partial charge in [0.05, 0.1) is 22.1 Å². The van der Waals surface area contributed by atoms with Gasteiger partial charge in [-0.3, -0.25) is 9.98 Å². The quantitative estimate of drug-likeness (QED) is 0.107. The monoisotopic (exact) mass is 715 g/mol. The summed E-state index contributed by atoms with van der Waals surface area (Å²) in [6, 6.07) is 65.4. The first-order valence-corrected chi connectivity index (χ1v) is 18.8. The summed E-state index contributed by atoms with van der Waals surface area (Å²) in [5, 5.41) is 20.9. The molecular formula is C51H33N5. The average molecular weight is 716 g/mol. The molecule has 5 heteroatoms. The third-order valence-corrected chi connectivity index (χ3v) is 11.0. The van der Waals surface area contributed by atoms with E-state index in [9.17, 15) is 0 Å². The number of para-hydroxylation sites is 3. The lowest BCUT2D eigenvalue weighted by Gasteiger charge is -2.16. The normalized spacial score (nSPS) is 12.4. The van der Waals surface area contributed by atoms with Crippen LogP contribution in [0.2, 0.25) is 0 Å². The van der Waals surface area contributed by atoms with Crippen molar-refractivity contribution in [3.05, 3.63) is 199 Å². The zero-order chi connectivity index (χ0) is 37.2. The first kappa shape index (κ1) is 31.9. The van der Waals surface area contributed by atoms with Crippen LogP contribution in [-0.2, 0) is 0 Å². The molecule has 0 aliphatic carbocycles. The van der Waals surface area contributed by atoms with E-state index in [0.717, 1.165) is 38.6 Å². The first-order chi connectivity index (χ1) is 27.8. The SMILES string of the molecule is N=C(/N=C(\N=C\n1c2ccccc2c2c3c4ccccc4c4c5ccccc5n(-c5ccccc5)c4c3c3ccccc3c21)c1ccccc1)c1ccccc1. The van der Waals surface area contributed by atoms with Gasteiger partial charge in [0.25, 0.3) is 0 Å². The zero-order valence-electron chi connectivity index (χ0n) is 30.3. The molecule has 5 nitrogen and oxygen atoms in total. The molecule has 0 radical (unpaired) electrons. The summed E-state index contributed by atoms with van der Waals surface area (Å²) in [6.07, 6.45) is 1.90. The lowest BCUT2D eigenvalue weighted by Crippen LogP contribution is -2.06. The number of nitrogens with zero attached hydrogens (tertiary/aromatic N) is 4. The molecule has 11 rings (SSSR count). The highest BCUT2D eigenvalue weighted by Crippen LogP contribution is 2.49. The third-order valence-electron chi connectivity index (χ3n) is 11.0. The Morgan fingerprint density at radius 1 is 0.411 bits per heavy atom. The van der Waals surface area contributed by atoms with E-state index in [1.54, 1.807) is 0 Å². The van der Waals surface area contributed by atoms with Crippen LogP contribution in [0.25, 0.3) is 81.6 Å². The van der Waals surface area contributed by atoms with Crippen LogP contribution < -0.4 is 0 Å². The molecule has 0 saturated carbocycles. The minimum absolute atomic E-state index is 0.157. The molecule has 0 atom stereocenters. The number of amidine groups is 2. The molecule has 2 heterocycles. The molecule has 9 aromatic carbocycles. The van der Waals surface area contributed by atoms with Crippen LogP contribution >= 0.6 is 0 Å². The Balaban J connectivity index is 1.31. The summed E-state index contributed by atoms with van der Waals surface area (Å²) >= 11 is 0. The van der Waals surface area contributed by atoms with Gasteiger partial charge < -0.3 is 4.57 Å². The van der Waals surface area contributed by atoms with E-state index in [1.165, 1.54) is 54.1 Å². The average Bonchev–Trinajstić information content (AvgIpc) is 3.79. The summed E-state index contributed by atoms with van der Waals surface area (Å²) in [5.74, 6) is 0.625. The van der Waals surface area contributed by atoms with Gasteiger partial charge in [0.1, 0.15) is 6.34 Å². The number of hydrogen-bond donors (Lipinski definition) is 1. The fourth-order valence-electron chi connectivity index (χ4n) is 8.73. The Kier molecular flexibility index (Phi) is 7.25. The maximum Gasteiger partial charge on any atom is 0.163 e. The Labute approximate surface area is 322 Å². The Morgan fingerprint density at radius 2 is 0.875 bits per heavy atom. The van der Waals surface area contributed by atoms with Gasteiger partial charge in [-0.1, -0.05) is 164 Å². The van der Waals surface area contributed by atoms with Crippen molar-refractivity contribution in [2.24, 2.45) is 9.98 Å². The van der Waals surface area contributed by atoms with Crippen molar-refractivity contribution in [2.45, 2.75) is 0 Å². The molecule has 262 valence electrons. The molecule has 2 aromatic heterocycles. The molecule has 0 amide bonds. The number of aliphatic imine (C=N–C) groups is 2. The van der Waals surface area contributed by atoms with E-state index in [1.807, 2.05) is 67.0 Å². The summed E-state index contributed by atoms with van der Waals surface area (Å²) in [5.41, 5.74) is 7.20. The number of rotatable bonds is 4. The zero-order valence-corrected chi connectivity index (χ0v) is 30.3. The topological polar surface area (TPSA) is 58.4 Å². The number of benzene rings is 9. The van der Waals surface area contributed by atoms with Gasteiger partial charge in [-0.25, -0.2) is 9.98 Å². The number of hydrogen-bond acceptors (Lipinski definition) is 1. The molecular weight excluding hydrogens is 683 g/mol. The molecule has 1 N–H and O–H groups in total. The van der Waals surface area contributed by atoms with Crippen molar-refractivity contribution >= 4 is 93.9 Å². The Bertz CT molecular complexity index is 3410. The highest BCUT2D eigenvalue weighted by molar-refractivity contribution is 6.45. The van der Waals surface area contributed by atoms with Crippen molar-refractivity contribution in [2.75, 3.05) is 0 Å². The number of aromatic nitrogens is 2. The molecule has 0 aliphatic rings. The maximum atomic E-state index is 8.92. The lowest BCUT2D eigenvalue weighted by atomic mass is 9.90. The predicted molar refractivity (Wildman–Crippen MR) is 236 cm³/mol. The summed E-state index contributed by atoms with van der Waals surface area (Å²) < 4.78 is 4.69. The van der Waals surface area contributed by atoms with Gasteiger partial charge in [0.2, 0.25) is 0 Å². The number of fused-ring (bicyclic) bond motifs is 15. The van der Waals surface area contributed by atoms with Crippen molar-refractivity contribution in [1.82, 2.24) is 9.13 Å². The third kappa shape index (κ3) is 4.78. The lowest BCUT2D eigenvalue weighted by molar-refractivity contribution is 1.19. The van der Waals surface area contributed by atoms with Gasteiger partial charge in [0, 0.05) is 54.5 Å². The van der Waals surface area contributed by atoms with Gasteiger partial charge in [-0.15, -0.1) is 0 Å². The fraction of sp³-hybridized carbons (Fsp3) is 0. The van der Waals surface area contributed by atoms with E-state index >= 15 is 0 Å². The van der Waals surface area contributed by atoms with Crippen LogP contribution in [0, 0.1) is 5.41 Å². The fourth-order valence-corrected chi connectivity index (χ4v) is 8.73. The van der Waals surface area contributed by atoms with E-state index in [2.05, 4.69) is 137 Å². The first-order valence-electron chi connectivity index (χ1n) is 18.8. The number of nitrogens with one attached hydrogen (secondary N) is 1. The smallest absolute Gasteiger partial charge is 0.163 e. The van der Waals surface area contributed by atoms with Crippen LogP contribution in [0.4, 0.5) is 0 Å². The summed E-state index contributed by atoms with van der Waals surface area (Å²) in [7, 11) is 0. The second-order valence-electron chi connectivity index (χ2n) is 14.1. The molecule has 56 heavy (non-hydrogen) atoms. The van der Waals surface area contributed by atoms with Gasteiger partial charge in [0.15, 0.2) is 11.7 Å². The van der Waals surface area contributed by atoms with Crippen molar-refractivity contribution in [1.29, 1.82) is 5.41 Å². The van der Waals surface area contributed by atoms with E-state index < -0.39 is 0 Å². The van der Waals surface area contributed by atoms with Crippen LogP contribution in [0.15, 0.2) is 198 Å². The van der Waals surface area contributed by atoms with Crippen molar-refractivity contribution in [3.63, 3.8) is 0 Å². The molecule has 0 unspecified atom stereocenters. The van der Waals surface area contributed by atoms with Crippen LogP contribution in [-0.4, -0.2) is 27.1 Å². The van der Waals surface area contributed by atoms with Crippen molar-refractivity contribution < 1.29 is 0 Å². The predicted octanol–water partition coefficient (Wildman–Crippen LogP) is 12.7. The molecule has 0 spiro atoms. The molecule has 0 fully saturated rings. The summed E-state index contributed by atoms with van der Waals surface area (Å²) in [4.78, 5) is 9.94. The Morgan fingerprint density at radius 3 is 1.54 bits per heavy atom. The van der Waals surface area contributed by atoms with E-state index in [0.29, 0.717) is 5.84 Å². The largest absolute Gasteiger partial charge is 0.309 e. The van der Waals surface area contributed by atoms with Gasteiger partial charge >= 0.3 is 0 Å². The van der Waals surface area contributed by atoms with Gasteiger partial charge in [-0.05, 0) is 40.4 Å². The van der Waals surface area contributed by atoms with Crippen LogP contribution in [0.3, 0.4) is 0 Å². The summed E-state index contributed by atoms with van der Waals surface area (Å²) in [6.45, 7) is 0. The minimum Gasteiger partial charge on any atom is -0.309 e. The molecule has 11 aromatic rings. The van der Waals surface area contributed by atoms with Crippen molar-refractivity contribution in [3.8, 4) is 5.69 Å². The second kappa shape index (κ2) is 12.8. The molecule has 0 bridgehead atoms. The standard InChI is InChI=1S/C51H33N5/c52-50(33-18-4-1-5-19-33)54-51(34-20-6-2-7-21-34)53-32-55-42-30-16-14-28-40(42)47-45-37-25-11-10-24-36(37)44-41-29-15-17-31-43(41)56(35-22-8-3-9-23-35)49(44)46(45)38-26-12-13-27-39(38)48(47)55/h1-32,52H/b52-50?,53-32+,54-51-. The highest BCUT2D eigenvalue weighted by atomic mass is 15.1. The van der Waals surface area contributed by atoms with Gasteiger partial charge in [-0.2, -0.15) is 0 Å². The molecule has 0 aliphatic heterocycles. The highest BCUT2D eigenvalue weighted by Gasteiger charge is 2.25. The Hall–Kier alpha value is -7.63.